The van der Waals surface area contributed by atoms with E-state index in [-0.39, 0.29) is 17.9 Å². The van der Waals surface area contributed by atoms with E-state index < -0.39 is 0 Å². The van der Waals surface area contributed by atoms with Crippen molar-refractivity contribution in [2.45, 2.75) is 32.7 Å². The van der Waals surface area contributed by atoms with Crippen molar-refractivity contribution in [2.24, 2.45) is 5.92 Å². The fourth-order valence-corrected chi connectivity index (χ4v) is 4.40. The fourth-order valence-electron chi connectivity index (χ4n) is 3.49. The summed E-state index contributed by atoms with van der Waals surface area (Å²) >= 11 is 1.56. The first-order chi connectivity index (χ1) is 13.5. The Kier molecular flexibility index (Phi) is 5.21. The van der Waals surface area contributed by atoms with Crippen molar-refractivity contribution in [3.8, 4) is 17.0 Å². The van der Waals surface area contributed by atoms with Gasteiger partial charge in [0, 0.05) is 24.7 Å². The van der Waals surface area contributed by atoms with Gasteiger partial charge in [-0.25, -0.2) is 9.50 Å². The molecule has 1 fully saturated rings. The normalized spacial score (nSPS) is 17.3. The summed E-state index contributed by atoms with van der Waals surface area (Å²) < 4.78 is 7.04. The van der Waals surface area contributed by atoms with Gasteiger partial charge < -0.3 is 15.0 Å². The number of rotatable bonds is 5. The maximum atomic E-state index is 12.4. The number of aromatic nitrogens is 3. The van der Waals surface area contributed by atoms with Crippen LogP contribution < -0.4 is 15.0 Å². The molecule has 1 saturated heterocycles. The number of carbonyl (C=O) groups is 1. The van der Waals surface area contributed by atoms with Gasteiger partial charge in [0.2, 0.25) is 16.0 Å². The summed E-state index contributed by atoms with van der Waals surface area (Å²) in [5, 5.41) is 8.67. The molecule has 1 aromatic carbocycles. The molecule has 0 unspecified atom stereocenters. The Bertz CT molecular complexity index is 931. The summed E-state index contributed by atoms with van der Waals surface area (Å²) in [7, 11) is 1.66. The SMILES string of the molecule is COc1ccc(-c2cn3nc(N4CCC[C@@H](C(=O)NC(C)C)C4)sc3n2)cc1. The van der Waals surface area contributed by atoms with Gasteiger partial charge in [0.15, 0.2) is 0 Å². The average Bonchev–Trinajstić information content (AvgIpc) is 3.27. The Balaban J connectivity index is 1.50. The standard InChI is InChI=1S/C20H25N5O2S/c1-13(2)21-18(26)15-5-4-10-24(11-15)20-23-25-12-17(22-19(25)28-20)14-6-8-16(27-3)9-7-14/h6-9,12-13,15H,4-5,10-11H2,1-3H3,(H,21,26)/t15-/m1/s1. The third kappa shape index (κ3) is 3.82. The maximum absolute atomic E-state index is 12.4. The number of carbonyl (C=O) groups excluding carboxylic acids is 1. The van der Waals surface area contributed by atoms with Crippen LogP contribution in [0.3, 0.4) is 0 Å². The minimum atomic E-state index is 0.0160. The van der Waals surface area contributed by atoms with Crippen LogP contribution in [0.4, 0.5) is 5.13 Å². The summed E-state index contributed by atoms with van der Waals surface area (Å²) in [5.41, 5.74) is 1.92. The summed E-state index contributed by atoms with van der Waals surface area (Å²) in [5.74, 6) is 0.983. The van der Waals surface area contributed by atoms with E-state index in [9.17, 15) is 4.79 Å². The van der Waals surface area contributed by atoms with Crippen LogP contribution in [0.15, 0.2) is 30.5 Å². The van der Waals surface area contributed by atoms with Crippen LogP contribution in [0, 0.1) is 5.92 Å². The molecule has 7 nitrogen and oxygen atoms in total. The molecule has 8 heteroatoms. The molecule has 1 amide bonds. The van der Waals surface area contributed by atoms with Crippen molar-refractivity contribution in [1.29, 1.82) is 0 Å². The lowest BCUT2D eigenvalue weighted by atomic mass is 9.97. The molecule has 1 aliphatic heterocycles. The van der Waals surface area contributed by atoms with Gasteiger partial charge in [-0.1, -0.05) is 11.3 Å². The van der Waals surface area contributed by atoms with Gasteiger partial charge in [-0.2, -0.15) is 0 Å². The summed E-state index contributed by atoms with van der Waals surface area (Å²) in [6.45, 7) is 5.62. The maximum Gasteiger partial charge on any atom is 0.225 e. The number of imidazole rings is 1. The van der Waals surface area contributed by atoms with Gasteiger partial charge in [0.25, 0.3) is 0 Å². The molecule has 3 heterocycles. The third-order valence-corrected chi connectivity index (χ3v) is 5.90. The van der Waals surface area contributed by atoms with Crippen molar-refractivity contribution in [1.82, 2.24) is 19.9 Å². The minimum absolute atomic E-state index is 0.0160. The van der Waals surface area contributed by atoms with E-state index in [2.05, 4.69) is 10.2 Å². The van der Waals surface area contributed by atoms with E-state index >= 15 is 0 Å². The molecular formula is C20H25N5O2S. The molecule has 0 spiro atoms. The first-order valence-corrected chi connectivity index (χ1v) is 10.4. The highest BCUT2D eigenvalue weighted by molar-refractivity contribution is 7.20. The molecule has 148 valence electrons. The van der Waals surface area contributed by atoms with Crippen LogP contribution in [-0.2, 0) is 4.79 Å². The van der Waals surface area contributed by atoms with E-state index in [0.29, 0.717) is 6.54 Å². The monoisotopic (exact) mass is 399 g/mol. The predicted molar refractivity (Wildman–Crippen MR) is 111 cm³/mol. The van der Waals surface area contributed by atoms with Crippen molar-refractivity contribution in [2.75, 3.05) is 25.1 Å². The Labute approximate surface area is 168 Å². The van der Waals surface area contributed by atoms with Crippen LogP contribution >= 0.6 is 11.3 Å². The van der Waals surface area contributed by atoms with Crippen molar-refractivity contribution in [3.63, 3.8) is 0 Å². The Morgan fingerprint density at radius 2 is 2.11 bits per heavy atom. The second kappa shape index (κ2) is 7.79. The van der Waals surface area contributed by atoms with Crippen LogP contribution in [0.1, 0.15) is 26.7 Å². The van der Waals surface area contributed by atoms with E-state index in [0.717, 1.165) is 46.5 Å². The lowest BCUT2D eigenvalue weighted by Crippen LogP contribution is -2.44. The number of methoxy groups -OCH3 is 1. The topological polar surface area (TPSA) is 71.8 Å². The molecule has 0 bridgehead atoms. The Morgan fingerprint density at radius 3 is 2.79 bits per heavy atom. The second-order valence-corrected chi connectivity index (χ2v) is 8.35. The minimum Gasteiger partial charge on any atom is -0.497 e. The largest absolute Gasteiger partial charge is 0.497 e. The Morgan fingerprint density at radius 1 is 1.32 bits per heavy atom. The van der Waals surface area contributed by atoms with Gasteiger partial charge in [0.05, 0.1) is 24.9 Å². The summed E-state index contributed by atoms with van der Waals surface area (Å²) in [6.07, 6.45) is 3.87. The molecular weight excluding hydrogens is 374 g/mol. The molecule has 0 radical (unpaired) electrons. The highest BCUT2D eigenvalue weighted by atomic mass is 32.1. The molecule has 1 aliphatic rings. The number of hydrogen-bond acceptors (Lipinski definition) is 6. The molecule has 2 aromatic heterocycles. The smallest absolute Gasteiger partial charge is 0.225 e. The molecule has 0 aliphatic carbocycles. The highest BCUT2D eigenvalue weighted by Crippen LogP contribution is 2.30. The van der Waals surface area contributed by atoms with Gasteiger partial charge in [-0.05, 0) is 51.0 Å². The summed E-state index contributed by atoms with van der Waals surface area (Å²) in [4.78, 5) is 20.2. The lowest BCUT2D eigenvalue weighted by molar-refractivity contribution is -0.125. The summed E-state index contributed by atoms with van der Waals surface area (Å²) in [6, 6.07) is 8.02. The number of hydrogen-bond donors (Lipinski definition) is 1. The number of anilines is 1. The quantitative estimate of drug-likeness (QED) is 0.713. The average molecular weight is 400 g/mol. The number of nitrogens with zero attached hydrogens (tertiary/aromatic N) is 4. The van der Waals surface area contributed by atoms with Crippen LogP contribution in [-0.4, -0.2) is 46.7 Å². The zero-order chi connectivity index (χ0) is 19.7. The number of benzene rings is 1. The molecule has 0 saturated carbocycles. The fraction of sp³-hybridized carbons (Fsp3) is 0.450. The van der Waals surface area contributed by atoms with Crippen molar-refractivity contribution < 1.29 is 9.53 Å². The zero-order valence-electron chi connectivity index (χ0n) is 16.4. The number of ether oxygens (including phenoxy) is 1. The first kappa shape index (κ1) is 18.7. The number of nitrogens with one attached hydrogen (secondary N) is 1. The molecule has 28 heavy (non-hydrogen) atoms. The third-order valence-electron chi connectivity index (χ3n) is 4.91. The highest BCUT2D eigenvalue weighted by Gasteiger charge is 2.28. The first-order valence-electron chi connectivity index (χ1n) is 9.59. The second-order valence-electron chi connectivity index (χ2n) is 7.41. The van der Waals surface area contributed by atoms with Gasteiger partial charge in [-0.15, -0.1) is 5.10 Å². The number of amides is 1. The molecule has 1 atom stereocenters. The molecule has 1 N–H and O–H groups in total. The lowest BCUT2D eigenvalue weighted by Gasteiger charge is -2.31. The molecule has 3 aromatic rings. The van der Waals surface area contributed by atoms with Gasteiger partial charge in [-0.3, -0.25) is 4.79 Å². The van der Waals surface area contributed by atoms with Crippen LogP contribution in [0.2, 0.25) is 0 Å². The number of fused-ring (bicyclic) bond motifs is 1. The van der Waals surface area contributed by atoms with E-state index in [4.69, 9.17) is 14.8 Å². The van der Waals surface area contributed by atoms with Crippen molar-refractivity contribution in [3.05, 3.63) is 30.5 Å². The molecule has 4 rings (SSSR count). The zero-order valence-corrected chi connectivity index (χ0v) is 17.2. The van der Waals surface area contributed by atoms with E-state index in [1.807, 2.05) is 48.8 Å². The van der Waals surface area contributed by atoms with Crippen LogP contribution in [0.25, 0.3) is 16.2 Å². The van der Waals surface area contributed by atoms with Crippen molar-refractivity contribution >= 4 is 27.3 Å². The van der Waals surface area contributed by atoms with E-state index in [1.165, 1.54) is 0 Å². The number of piperidine rings is 1. The van der Waals surface area contributed by atoms with E-state index in [1.54, 1.807) is 18.4 Å². The van der Waals surface area contributed by atoms with Crippen LogP contribution in [0.5, 0.6) is 5.75 Å². The van der Waals surface area contributed by atoms with Gasteiger partial charge in [0.1, 0.15) is 5.75 Å². The Hall–Kier alpha value is -2.61. The van der Waals surface area contributed by atoms with Gasteiger partial charge >= 0.3 is 0 Å². The predicted octanol–water partition coefficient (Wildman–Crippen LogP) is 3.21.